The molecule has 0 amide bonds. The molecule has 1 aromatic rings. The van der Waals surface area contributed by atoms with Crippen molar-refractivity contribution in [2.24, 2.45) is 0 Å². The second kappa shape index (κ2) is 3.66. The summed E-state index contributed by atoms with van der Waals surface area (Å²) in [5.41, 5.74) is 0. The van der Waals surface area contributed by atoms with E-state index in [1.165, 1.54) is 18.2 Å². The van der Waals surface area contributed by atoms with Gasteiger partial charge in [-0.25, -0.2) is 0 Å². The zero-order valence-corrected chi connectivity index (χ0v) is 6.69. The molecule has 3 N–H and O–H groups in total. The monoisotopic (exact) mass is 188 g/mol. The highest BCUT2D eigenvalue weighted by Gasteiger charge is 2.13. The van der Waals surface area contributed by atoms with Crippen LogP contribution < -0.4 is 4.65 Å². The Morgan fingerprint density at radius 3 is 2.58 bits per heavy atom. The van der Waals surface area contributed by atoms with Crippen LogP contribution in [0.1, 0.15) is 0 Å². The van der Waals surface area contributed by atoms with Gasteiger partial charge in [-0.1, -0.05) is 11.6 Å². The Balaban J connectivity index is 2.90. The van der Waals surface area contributed by atoms with Gasteiger partial charge in [-0.3, -0.25) is 0 Å². The molecular formula is C6H6BClO4. The first-order valence-electron chi connectivity index (χ1n) is 3.11. The van der Waals surface area contributed by atoms with Crippen LogP contribution in [0.3, 0.4) is 0 Å². The van der Waals surface area contributed by atoms with E-state index in [1.807, 2.05) is 0 Å². The molecule has 12 heavy (non-hydrogen) atoms. The third kappa shape index (κ3) is 2.30. The number of phenols is 1. The fraction of sp³-hybridized carbons (Fsp3) is 0. The van der Waals surface area contributed by atoms with E-state index in [2.05, 4.69) is 4.65 Å². The number of aromatic hydroxyl groups is 1. The second-order valence-corrected chi connectivity index (χ2v) is 2.47. The van der Waals surface area contributed by atoms with Gasteiger partial charge >= 0.3 is 7.32 Å². The molecule has 0 radical (unpaired) electrons. The van der Waals surface area contributed by atoms with Crippen LogP contribution in [0, 0.1) is 0 Å². The maximum Gasteiger partial charge on any atom is 0.707 e. The van der Waals surface area contributed by atoms with E-state index in [4.69, 9.17) is 26.8 Å². The molecule has 0 saturated heterocycles. The lowest BCUT2D eigenvalue weighted by Crippen LogP contribution is -2.20. The molecule has 0 spiro atoms. The fourth-order valence-electron chi connectivity index (χ4n) is 0.696. The van der Waals surface area contributed by atoms with Gasteiger partial charge in [0.1, 0.15) is 11.5 Å². The molecular weight excluding hydrogens is 182 g/mol. The van der Waals surface area contributed by atoms with Crippen molar-refractivity contribution in [3.05, 3.63) is 23.2 Å². The van der Waals surface area contributed by atoms with Crippen molar-refractivity contribution in [1.29, 1.82) is 0 Å². The van der Waals surface area contributed by atoms with Gasteiger partial charge in [0.25, 0.3) is 0 Å². The highest BCUT2D eigenvalue weighted by atomic mass is 35.5. The molecule has 0 bridgehead atoms. The molecule has 4 nitrogen and oxygen atoms in total. The summed E-state index contributed by atoms with van der Waals surface area (Å²) in [5.74, 6) is -0.0401. The average molecular weight is 188 g/mol. The van der Waals surface area contributed by atoms with Gasteiger partial charge < -0.3 is 19.8 Å². The molecule has 0 aliphatic rings. The molecule has 0 aromatic heterocycles. The van der Waals surface area contributed by atoms with Gasteiger partial charge in [-0.05, 0) is 12.1 Å². The Bertz CT molecular complexity index is 278. The van der Waals surface area contributed by atoms with Crippen LogP contribution in [0.25, 0.3) is 0 Å². The van der Waals surface area contributed by atoms with Crippen LogP contribution >= 0.6 is 11.6 Å². The van der Waals surface area contributed by atoms with Crippen molar-refractivity contribution in [2.45, 2.75) is 0 Å². The quantitative estimate of drug-likeness (QED) is 0.587. The summed E-state index contributed by atoms with van der Waals surface area (Å²) in [6.45, 7) is 0. The summed E-state index contributed by atoms with van der Waals surface area (Å²) in [4.78, 5) is 0. The minimum atomic E-state index is -1.94. The van der Waals surface area contributed by atoms with E-state index in [0.717, 1.165) is 0 Å². The first kappa shape index (κ1) is 9.19. The lowest BCUT2D eigenvalue weighted by atomic mass is 10.2. The van der Waals surface area contributed by atoms with E-state index in [9.17, 15) is 0 Å². The summed E-state index contributed by atoms with van der Waals surface area (Å²) in [7, 11) is -1.94. The third-order valence-corrected chi connectivity index (χ3v) is 1.46. The predicted molar refractivity (Wildman–Crippen MR) is 43.9 cm³/mol. The molecule has 1 rings (SSSR count). The van der Waals surface area contributed by atoms with Crippen molar-refractivity contribution in [3.8, 4) is 11.5 Å². The summed E-state index contributed by atoms with van der Waals surface area (Å²) in [6, 6.07) is 3.93. The van der Waals surface area contributed by atoms with Crippen molar-refractivity contribution in [3.63, 3.8) is 0 Å². The molecule has 0 aliphatic heterocycles. The Kier molecular flexibility index (Phi) is 2.81. The smallest absolute Gasteiger partial charge is 0.511 e. The minimum Gasteiger partial charge on any atom is -0.511 e. The Labute approximate surface area is 74.2 Å². The third-order valence-electron chi connectivity index (χ3n) is 1.15. The largest absolute Gasteiger partial charge is 0.707 e. The molecule has 0 saturated carbocycles. The van der Waals surface area contributed by atoms with Gasteiger partial charge in [-0.2, -0.15) is 0 Å². The van der Waals surface area contributed by atoms with Crippen LogP contribution in [-0.4, -0.2) is 22.5 Å². The van der Waals surface area contributed by atoms with Gasteiger partial charge in [0, 0.05) is 6.07 Å². The maximum atomic E-state index is 8.95. The maximum absolute atomic E-state index is 8.95. The molecule has 1 aromatic carbocycles. The van der Waals surface area contributed by atoms with E-state index < -0.39 is 7.32 Å². The number of hydrogen-bond acceptors (Lipinski definition) is 4. The Hall–Kier alpha value is -0.905. The Morgan fingerprint density at radius 2 is 2.00 bits per heavy atom. The predicted octanol–water partition coefficient (Wildman–Crippen LogP) is 0.394. The average Bonchev–Trinajstić information content (AvgIpc) is 1.96. The van der Waals surface area contributed by atoms with Crippen LogP contribution in [0.5, 0.6) is 11.5 Å². The highest BCUT2D eigenvalue weighted by molar-refractivity contribution is 6.36. The van der Waals surface area contributed by atoms with E-state index in [-0.39, 0.29) is 16.5 Å². The van der Waals surface area contributed by atoms with Gasteiger partial charge in [0.05, 0.1) is 5.02 Å². The second-order valence-electron chi connectivity index (χ2n) is 2.06. The SMILES string of the molecule is OB(O)Oc1cc(O)ccc1Cl. The standard InChI is InChI=1S/C6H6BClO4/c8-5-2-1-4(9)3-6(5)12-7(10)11/h1-3,9-11H. The molecule has 64 valence electrons. The number of halogens is 1. The summed E-state index contributed by atoms with van der Waals surface area (Å²) in [5, 5.41) is 26.0. The van der Waals surface area contributed by atoms with Crippen LogP contribution in [0.4, 0.5) is 0 Å². The number of phenolic OH excluding ortho intramolecular Hbond substituents is 1. The molecule has 0 fully saturated rings. The summed E-state index contributed by atoms with van der Waals surface area (Å²) in [6.07, 6.45) is 0. The molecule has 0 unspecified atom stereocenters. The zero-order valence-electron chi connectivity index (χ0n) is 5.94. The number of hydrogen-bond donors (Lipinski definition) is 3. The molecule has 0 atom stereocenters. The molecule has 0 aliphatic carbocycles. The topological polar surface area (TPSA) is 69.9 Å². The first-order valence-corrected chi connectivity index (χ1v) is 3.48. The first-order chi connectivity index (χ1) is 5.59. The number of benzene rings is 1. The van der Waals surface area contributed by atoms with Crippen LogP contribution in [-0.2, 0) is 0 Å². The lowest BCUT2D eigenvalue weighted by molar-refractivity contribution is 0.287. The fourth-order valence-corrected chi connectivity index (χ4v) is 0.858. The van der Waals surface area contributed by atoms with Gasteiger partial charge in [-0.15, -0.1) is 0 Å². The van der Waals surface area contributed by atoms with Crippen molar-refractivity contribution < 1.29 is 19.8 Å². The zero-order chi connectivity index (χ0) is 9.14. The molecule has 6 heteroatoms. The summed E-state index contributed by atoms with van der Waals surface area (Å²) < 4.78 is 4.44. The number of rotatable bonds is 2. The van der Waals surface area contributed by atoms with Crippen LogP contribution in [0.15, 0.2) is 18.2 Å². The van der Waals surface area contributed by atoms with E-state index >= 15 is 0 Å². The van der Waals surface area contributed by atoms with Crippen molar-refractivity contribution in [2.75, 3.05) is 0 Å². The Morgan fingerprint density at radius 1 is 1.33 bits per heavy atom. The van der Waals surface area contributed by atoms with Gasteiger partial charge in [0.2, 0.25) is 0 Å². The van der Waals surface area contributed by atoms with Gasteiger partial charge in [0.15, 0.2) is 0 Å². The normalized spacial score (nSPS) is 9.58. The van der Waals surface area contributed by atoms with Crippen molar-refractivity contribution in [1.82, 2.24) is 0 Å². The van der Waals surface area contributed by atoms with Crippen LogP contribution in [0.2, 0.25) is 5.02 Å². The van der Waals surface area contributed by atoms with Crippen molar-refractivity contribution >= 4 is 18.9 Å². The highest BCUT2D eigenvalue weighted by Crippen LogP contribution is 2.28. The summed E-state index contributed by atoms with van der Waals surface area (Å²) >= 11 is 5.58. The van der Waals surface area contributed by atoms with E-state index in [0.29, 0.717) is 0 Å². The minimum absolute atomic E-state index is 0.0201. The van der Waals surface area contributed by atoms with E-state index in [1.54, 1.807) is 0 Å². The lowest BCUT2D eigenvalue weighted by Gasteiger charge is -2.06. The molecule has 0 heterocycles.